The summed E-state index contributed by atoms with van der Waals surface area (Å²) in [5.74, 6) is -0.621. The SMILES string of the molecule is Cc1cc(NC(=O)C2CNC2)ccc1C(=O)Nn1c(C(=O)NC2CCC(N)CC2)cc2ccccc21. The summed E-state index contributed by atoms with van der Waals surface area (Å²) >= 11 is 0. The van der Waals surface area contributed by atoms with Gasteiger partial charge in [-0.05, 0) is 68.5 Å². The highest BCUT2D eigenvalue weighted by molar-refractivity contribution is 6.05. The van der Waals surface area contributed by atoms with E-state index in [1.54, 1.807) is 28.9 Å². The lowest BCUT2D eigenvalue weighted by molar-refractivity contribution is -0.121. The van der Waals surface area contributed by atoms with Gasteiger partial charge in [0, 0.05) is 41.8 Å². The van der Waals surface area contributed by atoms with Crippen molar-refractivity contribution in [2.45, 2.75) is 44.7 Å². The molecule has 9 heteroatoms. The van der Waals surface area contributed by atoms with Crippen LogP contribution in [0.5, 0.6) is 0 Å². The number of benzene rings is 2. The predicted octanol–water partition coefficient (Wildman–Crippen LogP) is 2.49. The Morgan fingerprint density at radius 3 is 2.42 bits per heavy atom. The second-order valence-electron chi connectivity index (χ2n) is 9.82. The quantitative estimate of drug-likeness (QED) is 0.364. The van der Waals surface area contributed by atoms with Crippen LogP contribution in [0.25, 0.3) is 10.9 Å². The highest BCUT2D eigenvalue weighted by atomic mass is 16.2. The van der Waals surface area contributed by atoms with Crippen molar-refractivity contribution in [3.63, 3.8) is 0 Å². The number of nitrogens with zero attached hydrogens (tertiary/aromatic N) is 1. The Hall–Kier alpha value is -3.69. The van der Waals surface area contributed by atoms with Crippen LogP contribution >= 0.6 is 0 Å². The van der Waals surface area contributed by atoms with Crippen molar-refractivity contribution in [2.24, 2.45) is 11.7 Å². The highest BCUT2D eigenvalue weighted by Crippen LogP contribution is 2.22. The summed E-state index contributed by atoms with van der Waals surface area (Å²) in [4.78, 5) is 38.8. The smallest absolute Gasteiger partial charge is 0.270 e. The standard InChI is InChI=1S/C27H32N6O3/c1-16-12-21(31-25(34)18-14-29-15-18)10-11-22(16)26(35)32-33-23-5-3-2-4-17(23)13-24(33)27(36)30-20-8-6-19(28)7-9-20/h2-5,10-13,18-20,29H,6-9,14-15,28H2,1H3,(H,30,36)(H,31,34)(H,32,35). The summed E-state index contributed by atoms with van der Waals surface area (Å²) in [7, 11) is 0. The number of carbonyl (C=O) groups is 3. The number of hydrogen-bond donors (Lipinski definition) is 5. The van der Waals surface area contributed by atoms with Crippen LogP contribution in [0.1, 0.15) is 52.1 Å². The molecule has 5 rings (SSSR count). The molecule has 1 aromatic heterocycles. The van der Waals surface area contributed by atoms with Gasteiger partial charge >= 0.3 is 0 Å². The first kappa shape index (κ1) is 24.0. The van der Waals surface area contributed by atoms with E-state index in [0.717, 1.165) is 42.1 Å². The molecule has 0 unspecified atom stereocenters. The van der Waals surface area contributed by atoms with Gasteiger partial charge in [-0.2, -0.15) is 0 Å². The summed E-state index contributed by atoms with van der Waals surface area (Å²) in [6.07, 6.45) is 3.47. The van der Waals surface area contributed by atoms with Gasteiger partial charge in [-0.15, -0.1) is 0 Å². The van der Waals surface area contributed by atoms with Gasteiger partial charge in [0.15, 0.2) is 0 Å². The van der Waals surface area contributed by atoms with Crippen molar-refractivity contribution in [1.82, 2.24) is 15.3 Å². The molecule has 1 saturated heterocycles. The highest BCUT2D eigenvalue weighted by Gasteiger charge is 2.26. The number of nitrogens with two attached hydrogens (primary N) is 1. The van der Waals surface area contributed by atoms with Crippen LogP contribution in [-0.2, 0) is 4.79 Å². The number of hydrogen-bond acceptors (Lipinski definition) is 5. The zero-order valence-electron chi connectivity index (χ0n) is 20.3. The van der Waals surface area contributed by atoms with Crippen LogP contribution in [0.2, 0.25) is 0 Å². The molecule has 2 aliphatic rings. The van der Waals surface area contributed by atoms with Gasteiger partial charge in [-0.3, -0.25) is 19.8 Å². The van der Waals surface area contributed by atoms with E-state index in [1.165, 1.54) is 0 Å². The topological polar surface area (TPSA) is 130 Å². The third-order valence-electron chi connectivity index (χ3n) is 7.15. The Balaban J connectivity index is 1.35. The lowest BCUT2D eigenvalue weighted by Gasteiger charge is -2.27. The molecular weight excluding hydrogens is 456 g/mol. The molecule has 0 radical (unpaired) electrons. The molecular formula is C27H32N6O3. The Labute approximate surface area is 209 Å². The van der Waals surface area contributed by atoms with E-state index in [9.17, 15) is 14.4 Å². The second kappa shape index (κ2) is 10.1. The van der Waals surface area contributed by atoms with Gasteiger partial charge < -0.3 is 21.7 Å². The first-order valence-corrected chi connectivity index (χ1v) is 12.5. The number of nitrogens with one attached hydrogen (secondary N) is 4. The molecule has 0 spiro atoms. The van der Waals surface area contributed by atoms with Crippen molar-refractivity contribution in [3.05, 3.63) is 65.4 Å². The molecule has 3 aromatic rings. The van der Waals surface area contributed by atoms with E-state index in [2.05, 4.69) is 21.4 Å². The summed E-state index contributed by atoms with van der Waals surface area (Å²) in [5, 5.41) is 9.96. The van der Waals surface area contributed by atoms with Crippen molar-refractivity contribution in [2.75, 3.05) is 23.8 Å². The van der Waals surface area contributed by atoms with Gasteiger partial charge in [0.1, 0.15) is 5.69 Å². The van der Waals surface area contributed by atoms with Gasteiger partial charge in [-0.1, -0.05) is 18.2 Å². The number of amides is 3. The minimum atomic E-state index is -0.340. The third kappa shape index (κ3) is 4.98. The van der Waals surface area contributed by atoms with Crippen LogP contribution in [0, 0.1) is 12.8 Å². The van der Waals surface area contributed by atoms with Gasteiger partial charge in [0.05, 0.1) is 11.4 Å². The van der Waals surface area contributed by atoms with E-state index < -0.39 is 0 Å². The first-order valence-electron chi connectivity index (χ1n) is 12.5. The van der Waals surface area contributed by atoms with Crippen LogP contribution in [0.15, 0.2) is 48.5 Å². The molecule has 2 heterocycles. The molecule has 6 N–H and O–H groups in total. The fourth-order valence-electron chi connectivity index (χ4n) is 4.84. The molecule has 2 aromatic carbocycles. The van der Waals surface area contributed by atoms with E-state index in [4.69, 9.17) is 5.73 Å². The number of anilines is 1. The molecule has 2 fully saturated rings. The Kier molecular flexibility index (Phi) is 6.75. The van der Waals surface area contributed by atoms with Crippen LogP contribution in [-0.4, -0.2) is 47.6 Å². The lowest BCUT2D eigenvalue weighted by atomic mass is 9.92. The monoisotopic (exact) mass is 488 g/mol. The molecule has 1 aliphatic heterocycles. The lowest BCUT2D eigenvalue weighted by Crippen LogP contribution is -2.48. The van der Waals surface area contributed by atoms with Crippen LogP contribution in [0.4, 0.5) is 5.69 Å². The van der Waals surface area contributed by atoms with E-state index in [1.807, 2.05) is 31.2 Å². The maximum absolute atomic E-state index is 13.3. The second-order valence-corrected chi connectivity index (χ2v) is 9.82. The van der Waals surface area contributed by atoms with Crippen molar-refractivity contribution >= 4 is 34.3 Å². The molecule has 3 amide bonds. The van der Waals surface area contributed by atoms with E-state index >= 15 is 0 Å². The molecule has 1 aliphatic carbocycles. The summed E-state index contributed by atoms with van der Waals surface area (Å²) in [6, 6.07) is 14.8. The number of aromatic nitrogens is 1. The minimum Gasteiger partial charge on any atom is -0.348 e. The summed E-state index contributed by atoms with van der Waals surface area (Å²) in [5.41, 5.74) is 11.9. The van der Waals surface area contributed by atoms with E-state index in [-0.39, 0.29) is 35.7 Å². The van der Waals surface area contributed by atoms with Crippen LogP contribution < -0.4 is 27.1 Å². The zero-order chi connectivity index (χ0) is 25.2. The maximum Gasteiger partial charge on any atom is 0.270 e. The number of fused-ring (bicyclic) bond motifs is 1. The Morgan fingerprint density at radius 1 is 0.972 bits per heavy atom. The Morgan fingerprint density at radius 2 is 1.72 bits per heavy atom. The molecule has 1 saturated carbocycles. The van der Waals surface area contributed by atoms with Crippen LogP contribution in [0.3, 0.4) is 0 Å². The fourth-order valence-corrected chi connectivity index (χ4v) is 4.84. The third-order valence-corrected chi connectivity index (χ3v) is 7.15. The normalized spacial score (nSPS) is 19.9. The molecule has 188 valence electrons. The molecule has 9 nitrogen and oxygen atoms in total. The van der Waals surface area contributed by atoms with Gasteiger partial charge in [-0.25, -0.2) is 4.68 Å². The average Bonchev–Trinajstić information content (AvgIpc) is 3.18. The first-order chi connectivity index (χ1) is 17.4. The number of carbonyl (C=O) groups excluding carboxylic acids is 3. The summed E-state index contributed by atoms with van der Waals surface area (Å²) < 4.78 is 1.56. The summed E-state index contributed by atoms with van der Waals surface area (Å²) in [6.45, 7) is 3.19. The number of para-hydroxylation sites is 1. The molecule has 0 atom stereocenters. The zero-order valence-corrected chi connectivity index (χ0v) is 20.3. The minimum absolute atomic E-state index is 0.0229. The van der Waals surface area contributed by atoms with Gasteiger partial charge in [0.2, 0.25) is 5.91 Å². The van der Waals surface area contributed by atoms with Crippen molar-refractivity contribution < 1.29 is 14.4 Å². The number of rotatable bonds is 6. The van der Waals surface area contributed by atoms with Crippen molar-refractivity contribution in [3.8, 4) is 0 Å². The fraction of sp³-hybridized carbons (Fsp3) is 0.370. The maximum atomic E-state index is 13.3. The van der Waals surface area contributed by atoms with Crippen molar-refractivity contribution in [1.29, 1.82) is 0 Å². The average molecular weight is 489 g/mol. The number of aryl methyl sites for hydroxylation is 1. The largest absolute Gasteiger partial charge is 0.348 e. The Bertz CT molecular complexity index is 1300. The van der Waals surface area contributed by atoms with E-state index in [0.29, 0.717) is 30.0 Å². The predicted molar refractivity (Wildman–Crippen MR) is 139 cm³/mol. The molecule has 36 heavy (non-hydrogen) atoms. The van der Waals surface area contributed by atoms with Gasteiger partial charge in [0.25, 0.3) is 11.8 Å². The molecule has 0 bridgehead atoms.